The third kappa shape index (κ3) is 2.76. The zero-order valence-electron chi connectivity index (χ0n) is 10.4. The molecule has 2 rings (SSSR count). The number of benzene rings is 1. The zero-order valence-corrected chi connectivity index (χ0v) is 10.4. The molecule has 1 aromatic carbocycles. The van der Waals surface area contributed by atoms with Gasteiger partial charge in [0.25, 0.3) is 0 Å². The topological polar surface area (TPSA) is 38.0 Å². The fraction of sp³-hybridized carbons (Fsp3) is 0.357. The minimum atomic E-state index is -0.253. The van der Waals surface area contributed by atoms with E-state index in [9.17, 15) is 9.50 Å². The van der Waals surface area contributed by atoms with Crippen molar-refractivity contribution in [3.8, 4) is 0 Å². The number of aliphatic hydroxyl groups is 1. The minimum Gasteiger partial charge on any atom is -0.396 e. The van der Waals surface area contributed by atoms with Crippen LogP contribution < -0.4 is 0 Å². The standard InChI is InChI=1S/C14H17FN2O/c1-17-9-8-16-14(17)7-6-11(10-18)12-4-2-3-5-13(12)15/h2-5,8-9,11,18H,6-7,10H2,1H3. The van der Waals surface area contributed by atoms with Gasteiger partial charge >= 0.3 is 0 Å². The average Bonchev–Trinajstić information content (AvgIpc) is 2.78. The van der Waals surface area contributed by atoms with Crippen LogP contribution in [0.3, 0.4) is 0 Å². The molecule has 0 amide bonds. The Morgan fingerprint density at radius 3 is 2.78 bits per heavy atom. The molecule has 1 unspecified atom stereocenters. The first kappa shape index (κ1) is 12.8. The number of imidazole rings is 1. The number of aromatic nitrogens is 2. The van der Waals surface area contributed by atoms with Crippen LogP contribution in [0, 0.1) is 5.82 Å². The average molecular weight is 248 g/mol. The molecule has 0 spiro atoms. The number of aliphatic hydroxyl groups excluding tert-OH is 1. The van der Waals surface area contributed by atoms with E-state index < -0.39 is 0 Å². The van der Waals surface area contributed by atoms with Gasteiger partial charge in [0.1, 0.15) is 11.6 Å². The van der Waals surface area contributed by atoms with E-state index in [-0.39, 0.29) is 18.3 Å². The second-order valence-corrected chi connectivity index (χ2v) is 4.39. The molecule has 18 heavy (non-hydrogen) atoms. The first-order chi connectivity index (χ1) is 8.72. The smallest absolute Gasteiger partial charge is 0.126 e. The maximum absolute atomic E-state index is 13.6. The molecule has 1 atom stereocenters. The summed E-state index contributed by atoms with van der Waals surface area (Å²) in [5.41, 5.74) is 0.578. The summed E-state index contributed by atoms with van der Waals surface area (Å²) in [6, 6.07) is 6.61. The van der Waals surface area contributed by atoms with Gasteiger partial charge in [0.2, 0.25) is 0 Å². The van der Waals surface area contributed by atoms with Crippen molar-refractivity contribution in [3.63, 3.8) is 0 Å². The van der Waals surface area contributed by atoms with E-state index in [4.69, 9.17) is 0 Å². The lowest BCUT2D eigenvalue weighted by Gasteiger charge is -2.15. The minimum absolute atomic E-state index is 0.0502. The van der Waals surface area contributed by atoms with E-state index in [0.717, 1.165) is 12.2 Å². The highest BCUT2D eigenvalue weighted by molar-refractivity contribution is 5.22. The van der Waals surface area contributed by atoms with Crippen LogP contribution in [0.5, 0.6) is 0 Å². The molecule has 0 saturated carbocycles. The Bertz CT molecular complexity index is 510. The molecule has 0 aliphatic carbocycles. The maximum Gasteiger partial charge on any atom is 0.126 e. The van der Waals surface area contributed by atoms with Crippen molar-refractivity contribution in [1.29, 1.82) is 0 Å². The number of rotatable bonds is 5. The molecule has 96 valence electrons. The van der Waals surface area contributed by atoms with Crippen LogP contribution in [0.1, 0.15) is 23.7 Å². The lowest BCUT2D eigenvalue weighted by atomic mass is 9.94. The molecule has 1 aromatic heterocycles. The largest absolute Gasteiger partial charge is 0.396 e. The number of aryl methyl sites for hydroxylation is 2. The van der Waals surface area contributed by atoms with Crippen molar-refractivity contribution in [2.45, 2.75) is 18.8 Å². The van der Waals surface area contributed by atoms with Crippen molar-refractivity contribution in [2.75, 3.05) is 6.61 Å². The predicted molar refractivity (Wildman–Crippen MR) is 67.8 cm³/mol. The number of halogens is 1. The van der Waals surface area contributed by atoms with Crippen LogP contribution in [0.15, 0.2) is 36.7 Å². The molecule has 1 N–H and O–H groups in total. The molecule has 0 aliphatic rings. The van der Waals surface area contributed by atoms with Gasteiger partial charge in [0, 0.05) is 31.8 Å². The first-order valence-corrected chi connectivity index (χ1v) is 6.04. The van der Waals surface area contributed by atoms with Crippen molar-refractivity contribution >= 4 is 0 Å². The fourth-order valence-corrected chi connectivity index (χ4v) is 2.09. The summed E-state index contributed by atoms with van der Waals surface area (Å²) in [6.45, 7) is -0.0502. The summed E-state index contributed by atoms with van der Waals surface area (Å²) < 4.78 is 15.6. The third-order valence-corrected chi connectivity index (χ3v) is 3.20. The summed E-state index contributed by atoms with van der Waals surface area (Å²) in [4.78, 5) is 4.23. The van der Waals surface area contributed by atoms with Gasteiger partial charge < -0.3 is 9.67 Å². The van der Waals surface area contributed by atoms with E-state index in [2.05, 4.69) is 4.98 Å². The second kappa shape index (κ2) is 5.78. The van der Waals surface area contributed by atoms with Gasteiger partial charge in [-0.1, -0.05) is 18.2 Å². The van der Waals surface area contributed by atoms with Crippen molar-refractivity contribution in [3.05, 3.63) is 53.9 Å². The lowest BCUT2D eigenvalue weighted by molar-refractivity contribution is 0.256. The highest BCUT2D eigenvalue weighted by atomic mass is 19.1. The van der Waals surface area contributed by atoms with Gasteiger partial charge in [-0.15, -0.1) is 0 Å². The van der Waals surface area contributed by atoms with Crippen LogP contribution in [-0.2, 0) is 13.5 Å². The van der Waals surface area contributed by atoms with E-state index in [1.165, 1.54) is 6.07 Å². The molecule has 1 heterocycles. The molecule has 0 saturated heterocycles. The molecule has 4 heteroatoms. The van der Waals surface area contributed by atoms with Crippen LogP contribution in [-0.4, -0.2) is 21.3 Å². The van der Waals surface area contributed by atoms with Gasteiger partial charge in [-0.3, -0.25) is 0 Å². The van der Waals surface area contributed by atoms with Crippen LogP contribution in [0.4, 0.5) is 4.39 Å². The van der Waals surface area contributed by atoms with Crippen molar-refractivity contribution < 1.29 is 9.50 Å². The number of nitrogens with zero attached hydrogens (tertiary/aromatic N) is 2. The van der Waals surface area contributed by atoms with Crippen molar-refractivity contribution in [1.82, 2.24) is 9.55 Å². The fourth-order valence-electron chi connectivity index (χ4n) is 2.09. The van der Waals surface area contributed by atoms with E-state index in [1.807, 2.05) is 17.8 Å². The summed E-state index contributed by atoms with van der Waals surface area (Å²) in [5.74, 6) is 0.518. The quantitative estimate of drug-likeness (QED) is 0.881. The van der Waals surface area contributed by atoms with Crippen molar-refractivity contribution in [2.24, 2.45) is 7.05 Å². The van der Waals surface area contributed by atoms with Gasteiger partial charge in [-0.05, 0) is 18.1 Å². The lowest BCUT2D eigenvalue weighted by Crippen LogP contribution is -2.09. The monoisotopic (exact) mass is 248 g/mol. The molecule has 0 aliphatic heterocycles. The Morgan fingerprint density at radius 2 is 2.17 bits per heavy atom. The van der Waals surface area contributed by atoms with Crippen LogP contribution in [0.25, 0.3) is 0 Å². The Labute approximate surface area is 106 Å². The Kier molecular flexibility index (Phi) is 4.10. The number of hydrogen-bond acceptors (Lipinski definition) is 2. The molecular formula is C14H17FN2O. The third-order valence-electron chi connectivity index (χ3n) is 3.20. The SMILES string of the molecule is Cn1ccnc1CCC(CO)c1ccccc1F. The summed E-state index contributed by atoms with van der Waals surface area (Å²) in [6.07, 6.45) is 5.03. The van der Waals surface area contributed by atoms with E-state index >= 15 is 0 Å². The summed E-state index contributed by atoms with van der Waals surface area (Å²) in [5, 5.41) is 9.41. The molecule has 0 radical (unpaired) electrons. The summed E-state index contributed by atoms with van der Waals surface area (Å²) in [7, 11) is 1.93. The van der Waals surface area contributed by atoms with Gasteiger partial charge in [-0.25, -0.2) is 9.37 Å². The number of hydrogen-bond donors (Lipinski definition) is 1. The van der Waals surface area contributed by atoms with Crippen LogP contribution in [0.2, 0.25) is 0 Å². The maximum atomic E-state index is 13.6. The Balaban J connectivity index is 2.07. The molecule has 3 nitrogen and oxygen atoms in total. The molecule has 0 fully saturated rings. The molecule has 0 bridgehead atoms. The van der Waals surface area contributed by atoms with Gasteiger partial charge in [0.15, 0.2) is 0 Å². The van der Waals surface area contributed by atoms with E-state index in [0.29, 0.717) is 12.0 Å². The Morgan fingerprint density at radius 1 is 1.39 bits per heavy atom. The van der Waals surface area contributed by atoms with Crippen LogP contribution >= 0.6 is 0 Å². The summed E-state index contributed by atoms with van der Waals surface area (Å²) >= 11 is 0. The normalized spacial score (nSPS) is 12.6. The highest BCUT2D eigenvalue weighted by Crippen LogP contribution is 2.23. The molecule has 2 aromatic rings. The first-order valence-electron chi connectivity index (χ1n) is 6.04. The zero-order chi connectivity index (χ0) is 13.0. The predicted octanol–water partition coefficient (Wildman–Crippen LogP) is 2.27. The van der Waals surface area contributed by atoms with Gasteiger partial charge in [-0.2, -0.15) is 0 Å². The highest BCUT2D eigenvalue weighted by Gasteiger charge is 2.15. The van der Waals surface area contributed by atoms with Gasteiger partial charge in [0.05, 0.1) is 6.61 Å². The molecular weight excluding hydrogens is 231 g/mol. The van der Waals surface area contributed by atoms with E-state index in [1.54, 1.807) is 24.4 Å². The second-order valence-electron chi connectivity index (χ2n) is 4.39. The Hall–Kier alpha value is -1.68.